The number of anilines is 1. The molecule has 0 amide bonds. The topological polar surface area (TPSA) is 74.4 Å². The lowest BCUT2D eigenvalue weighted by Gasteiger charge is -2.27. The molecule has 3 heterocycles. The second-order valence-electron chi connectivity index (χ2n) is 8.37. The molecule has 2 aromatic heterocycles. The van der Waals surface area contributed by atoms with Gasteiger partial charge in [0, 0.05) is 43.1 Å². The van der Waals surface area contributed by atoms with Crippen LogP contribution in [0.2, 0.25) is 0 Å². The molecule has 34 heavy (non-hydrogen) atoms. The highest BCUT2D eigenvalue weighted by Crippen LogP contribution is 2.25. The number of hydrogen-bond donors (Lipinski definition) is 0. The molecule has 0 spiro atoms. The molecule has 1 aliphatic heterocycles. The number of ketones is 1. The van der Waals surface area contributed by atoms with Crippen LogP contribution in [-0.2, 0) is 24.2 Å². The Balaban J connectivity index is 1.40. The van der Waals surface area contributed by atoms with Gasteiger partial charge in [-0.3, -0.25) is 9.36 Å². The quantitative estimate of drug-likeness (QED) is 0.321. The van der Waals surface area contributed by atoms with Crippen molar-refractivity contribution in [2.45, 2.75) is 45.4 Å². The Morgan fingerprint density at radius 3 is 2.53 bits per heavy atom. The lowest BCUT2D eigenvalue weighted by molar-refractivity contribution is 0.102. The van der Waals surface area contributed by atoms with Crippen molar-refractivity contribution in [3.63, 3.8) is 0 Å². The molecule has 0 radical (unpaired) electrons. The number of hydrogen-bond acceptors (Lipinski definition) is 7. The standard InChI is InChI=1S/C25H33N5O3S/c1-5-29-24(28-12-14-33-15-13-28)26-27-25(29)34-17-23(31)22-16-18(2)30(19(22)3)11-10-20-6-8-21(32-4)9-7-20/h6-9,16H,5,10-15,17H2,1-4H3. The van der Waals surface area contributed by atoms with Crippen LogP contribution in [0.25, 0.3) is 0 Å². The van der Waals surface area contributed by atoms with Crippen LogP contribution < -0.4 is 9.64 Å². The molecule has 4 rings (SSSR count). The van der Waals surface area contributed by atoms with Crippen LogP contribution in [0.3, 0.4) is 0 Å². The van der Waals surface area contributed by atoms with E-state index in [2.05, 4.69) is 50.2 Å². The Hall–Kier alpha value is -2.78. The maximum absolute atomic E-state index is 13.1. The normalized spacial score (nSPS) is 13.9. The van der Waals surface area contributed by atoms with E-state index in [-0.39, 0.29) is 5.78 Å². The summed E-state index contributed by atoms with van der Waals surface area (Å²) in [5.41, 5.74) is 4.15. The number of carbonyl (C=O) groups excluding carboxylic acids is 1. The van der Waals surface area contributed by atoms with Gasteiger partial charge in [0.2, 0.25) is 5.95 Å². The highest BCUT2D eigenvalue weighted by molar-refractivity contribution is 7.99. The fourth-order valence-corrected chi connectivity index (χ4v) is 5.21. The van der Waals surface area contributed by atoms with E-state index in [1.807, 2.05) is 25.1 Å². The van der Waals surface area contributed by atoms with Gasteiger partial charge in [0.05, 0.1) is 26.1 Å². The molecular formula is C25H33N5O3S. The molecule has 182 valence electrons. The van der Waals surface area contributed by atoms with Crippen molar-refractivity contribution in [2.24, 2.45) is 0 Å². The van der Waals surface area contributed by atoms with Gasteiger partial charge in [-0.1, -0.05) is 23.9 Å². The van der Waals surface area contributed by atoms with Crippen LogP contribution in [0, 0.1) is 13.8 Å². The summed E-state index contributed by atoms with van der Waals surface area (Å²) in [5.74, 6) is 2.17. The van der Waals surface area contributed by atoms with Gasteiger partial charge in [0.1, 0.15) is 5.75 Å². The summed E-state index contributed by atoms with van der Waals surface area (Å²) in [6, 6.07) is 10.2. The molecule has 0 aliphatic carbocycles. The fraction of sp³-hybridized carbons (Fsp3) is 0.480. The van der Waals surface area contributed by atoms with Crippen LogP contribution in [-0.4, -0.2) is 64.3 Å². The maximum atomic E-state index is 13.1. The number of nitrogens with zero attached hydrogens (tertiary/aromatic N) is 5. The first kappa shape index (κ1) is 24.3. The zero-order valence-corrected chi connectivity index (χ0v) is 21.2. The summed E-state index contributed by atoms with van der Waals surface area (Å²) in [7, 11) is 1.67. The van der Waals surface area contributed by atoms with Crippen molar-refractivity contribution in [2.75, 3.05) is 44.1 Å². The molecule has 0 bridgehead atoms. The summed E-state index contributed by atoms with van der Waals surface area (Å²) in [4.78, 5) is 15.3. The molecular weight excluding hydrogens is 450 g/mol. The smallest absolute Gasteiger partial charge is 0.228 e. The monoisotopic (exact) mass is 483 g/mol. The zero-order valence-electron chi connectivity index (χ0n) is 20.4. The minimum Gasteiger partial charge on any atom is -0.497 e. The van der Waals surface area contributed by atoms with Crippen LogP contribution in [0.5, 0.6) is 5.75 Å². The number of aromatic nitrogens is 4. The third-order valence-corrected chi connectivity index (χ3v) is 7.26. The van der Waals surface area contributed by atoms with Crippen LogP contribution in [0.4, 0.5) is 5.95 Å². The Bertz CT molecular complexity index is 1120. The Kier molecular flexibility index (Phi) is 7.95. The van der Waals surface area contributed by atoms with Crippen molar-refractivity contribution in [1.82, 2.24) is 19.3 Å². The van der Waals surface area contributed by atoms with Crippen LogP contribution >= 0.6 is 11.8 Å². The number of benzene rings is 1. The van der Waals surface area contributed by atoms with Gasteiger partial charge in [-0.2, -0.15) is 0 Å². The summed E-state index contributed by atoms with van der Waals surface area (Å²) >= 11 is 1.46. The minimum absolute atomic E-state index is 0.118. The highest BCUT2D eigenvalue weighted by Gasteiger charge is 2.21. The van der Waals surface area contributed by atoms with E-state index in [9.17, 15) is 4.79 Å². The number of methoxy groups -OCH3 is 1. The number of carbonyl (C=O) groups is 1. The summed E-state index contributed by atoms with van der Waals surface area (Å²) < 4.78 is 15.0. The first-order chi connectivity index (χ1) is 16.5. The molecule has 3 aromatic rings. The van der Waals surface area contributed by atoms with E-state index in [1.54, 1.807) is 7.11 Å². The molecule has 0 N–H and O–H groups in total. The molecule has 1 aromatic carbocycles. The zero-order chi connectivity index (χ0) is 24.1. The number of ether oxygens (including phenoxy) is 2. The van der Waals surface area contributed by atoms with Crippen molar-refractivity contribution < 1.29 is 14.3 Å². The van der Waals surface area contributed by atoms with E-state index in [0.717, 1.165) is 66.4 Å². The van der Waals surface area contributed by atoms with Gasteiger partial charge in [-0.25, -0.2) is 0 Å². The van der Waals surface area contributed by atoms with E-state index < -0.39 is 0 Å². The third kappa shape index (κ3) is 5.31. The first-order valence-corrected chi connectivity index (χ1v) is 12.7. The minimum atomic E-state index is 0.118. The van der Waals surface area contributed by atoms with Crippen molar-refractivity contribution in [3.05, 3.63) is 52.8 Å². The van der Waals surface area contributed by atoms with Gasteiger partial charge in [0.25, 0.3) is 0 Å². The molecule has 1 aliphatic rings. The predicted molar refractivity (Wildman–Crippen MR) is 134 cm³/mol. The lowest BCUT2D eigenvalue weighted by Crippen LogP contribution is -2.38. The van der Waals surface area contributed by atoms with Gasteiger partial charge in [-0.15, -0.1) is 10.2 Å². The second kappa shape index (κ2) is 11.1. The summed E-state index contributed by atoms with van der Waals surface area (Å²) in [6.45, 7) is 10.8. The average Bonchev–Trinajstić information content (AvgIpc) is 3.41. The number of thioether (sulfide) groups is 1. The number of rotatable bonds is 10. The molecule has 9 heteroatoms. The van der Waals surface area contributed by atoms with Gasteiger partial charge in [0.15, 0.2) is 10.9 Å². The molecule has 1 saturated heterocycles. The summed E-state index contributed by atoms with van der Waals surface area (Å²) in [6.07, 6.45) is 0.895. The van der Waals surface area contributed by atoms with Crippen molar-refractivity contribution in [3.8, 4) is 5.75 Å². The predicted octanol–water partition coefficient (Wildman–Crippen LogP) is 3.78. The van der Waals surface area contributed by atoms with Crippen LogP contribution in [0.15, 0.2) is 35.5 Å². The highest BCUT2D eigenvalue weighted by atomic mass is 32.2. The largest absolute Gasteiger partial charge is 0.497 e. The van der Waals surface area contributed by atoms with Gasteiger partial charge >= 0.3 is 0 Å². The second-order valence-corrected chi connectivity index (χ2v) is 9.32. The fourth-order valence-electron chi connectivity index (χ4n) is 4.33. The van der Waals surface area contributed by atoms with Gasteiger partial charge < -0.3 is 18.9 Å². The lowest BCUT2D eigenvalue weighted by atomic mass is 10.1. The Morgan fingerprint density at radius 1 is 1.12 bits per heavy atom. The van der Waals surface area contributed by atoms with Crippen molar-refractivity contribution >= 4 is 23.5 Å². The Labute approximate surface area is 205 Å². The van der Waals surface area contributed by atoms with Crippen LogP contribution in [0.1, 0.15) is 34.2 Å². The maximum Gasteiger partial charge on any atom is 0.228 e. The SMILES string of the molecule is CCn1c(SCC(=O)c2cc(C)n(CCc3ccc(OC)cc3)c2C)nnc1N1CCOCC1. The van der Waals surface area contributed by atoms with Gasteiger partial charge in [-0.05, 0) is 51.0 Å². The van der Waals surface area contributed by atoms with Crippen molar-refractivity contribution in [1.29, 1.82) is 0 Å². The molecule has 0 saturated carbocycles. The van der Waals surface area contributed by atoms with E-state index in [1.165, 1.54) is 17.3 Å². The molecule has 0 atom stereocenters. The Morgan fingerprint density at radius 2 is 1.85 bits per heavy atom. The summed E-state index contributed by atoms with van der Waals surface area (Å²) in [5, 5.41) is 9.56. The van der Waals surface area contributed by atoms with E-state index in [4.69, 9.17) is 9.47 Å². The average molecular weight is 484 g/mol. The number of morpholine rings is 1. The third-order valence-electron chi connectivity index (χ3n) is 6.30. The van der Waals surface area contributed by atoms with E-state index >= 15 is 0 Å². The molecule has 0 unspecified atom stereocenters. The number of Topliss-reactive ketones (excluding diaryl/α,β-unsaturated/α-hetero) is 1. The number of aryl methyl sites for hydroxylation is 2. The van der Waals surface area contributed by atoms with E-state index in [0.29, 0.717) is 19.0 Å². The molecule has 1 fully saturated rings. The molecule has 8 nitrogen and oxygen atoms in total. The first-order valence-electron chi connectivity index (χ1n) is 11.7.